The number of carbonyl (C=O) groups excluding carboxylic acids is 3. The van der Waals surface area contributed by atoms with Crippen LogP contribution in [-0.2, 0) is 43.3 Å². The molecule has 2 aromatic carbocycles. The molecule has 2 bridgehead atoms. The van der Waals surface area contributed by atoms with Gasteiger partial charge in [0.05, 0.1) is 12.0 Å². The highest BCUT2D eigenvalue weighted by Gasteiger charge is 2.38. The molecule has 0 aromatic heterocycles. The topological polar surface area (TPSA) is 164 Å². The minimum atomic E-state index is -0.940. The molecule has 0 saturated carbocycles. The Bertz CT molecular complexity index is 1240. The summed E-state index contributed by atoms with van der Waals surface area (Å²) >= 11 is 0. The van der Waals surface area contributed by atoms with Gasteiger partial charge in [-0.1, -0.05) is 24.3 Å². The highest BCUT2D eigenvalue weighted by atomic mass is 16.5. The van der Waals surface area contributed by atoms with Gasteiger partial charge in [-0.25, -0.2) is 0 Å². The first-order chi connectivity index (χ1) is 21.9. The first-order valence-corrected chi connectivity index (χ1v) is 15.4. The van der Waals surface area contributed by atoms with Gasteiger partial charge in [0.1, 0.15) is 11.5 Å². The number of rotatable bonds is 6. The van der Waals surface area contributed by atoms with Crippen molar-refractivity contribution in [2.75, 3.05) is 53.1 Å². The summed E-state index contributed by atoms with van der Waals surface area (Å²) in [5.41, 5.74) is 2.14. The molecule has 1 unspecified atom stereocenters. The van der Waals surface area contributed by atoms with Gasteiger partial charge < -0.3 is 40.6 Å². The van der Waals surface area contributed by atoms with Crippen LogP contribution in [0.2, 0.25) is 0 Å². The van der Waals surface area contributed by atoms with Crippen LogP contribution in [0.25, 0.3) is 0 Å². The average molecular weight is 627 g/mol. The molecular formula is C33H46N4O8. The Labute approximate surface area is 264 Å². The largest absolute Gasteiger partial charge is 0.493 e. The number of hydrogen-bond acceptors (Lipinski definition) is 8. The van der Waals surface area contributed by atoms with Crippen LogP contribution in [0.3, 0.4) is 0 Å². The molecule has 3 heterocycles. The van der Waals surface area contributed by atoms with E-state index in [-0.39, 0.29) is 37.3 Å². The van der Waals surface area contributed by atoms with Gasteiger partial charge in [-0.15, -0.1) is 0 Å². The molecule has 45 heavy (non-hydrogen) atoms. The first kappa shape index (κ1) is 35.3. The fraction of sp³-hybridized carbons (Fsp3) is 0.515. The lowest BCUT2D eigenvalue weighted by molar-refractivity contribution is -0.133. The second-order valence-electron chi connectivity index (χ2n) is 11.1. The van der Waals surface area contributed by atoms with E-state index in [0.717, 1.165) is 54.9 Å². The number of ether oxygens (including phenoxy) is 3. The zero-order valence-corrected chi connectivity index (χ0v) is 26.0. The fourth-order valence-corrected chi connectivity index (χ4v) is 5.29. The van der Waals surface area contributed by atoms with Crippen LogP contribution >= 0.6 is 0 Å². The van der Waals surface area contributed by atoms with Gasteiger partial charge in [0.25, 0.3) is 12.4 Å². The molecule has 3 aliphatic heterocycles. The maximum Gasteiger partial charge on any atom is 0.290 e. The van der Waals surface area contributed by atoms with Gasteiger partial charge in [-0.3, -0.25) is 19.2 Å². The van der Waals surface area contributed by atoms with E-state index in [2.05, 4.69) is 27.3 Å². The maximum atomic E-state index is 14.0. The maximum absolute atomic E-state index is 14.0. The Morgan fingerprint density at radius 2 is 1.78 bits per heavy atom. The van der Waals surface area contributed by atoms with Gasteiger partial charge in [0.2, 0.25) is 11.8 Å². The highest BCUT2D eigenvalue weighted by Crippen LogP contribution is 2.30. The first-order valence-electron chi connectivity index (χ1n) is 15.4. The summed E-state index contributed by atoms with van der Waals surface area (Å²) < 4.78 is 16.8. The quantitative estimate of drug-likeness (QED) is 0.302. The summed E-state index contributed by atoms with van der Waals surface area (Å²) in [5.74, 6) is 1.07. The van der Waals surface area contributed by atoms with Crippen LogP contribution in [0, 0.1) is 5.41 Å². The van der Waals surface area contributed by atoms with Crippen LogP contribution < -0.4 is 30.7 Å². The predicted molar refractivity (Wildman–Crippen MR) is 168 cm³/mol. The monoisotopic (exact) mass is 626 g/mol. The molecule has 1 atom stereocenters. The molecule has 0 aliphatic carbocycles. The Hall–Kier alpha value is -4.16. The number of methoxy groups -OCH3 is 1. The molecule has 0 radical (unpaired) electrons. The van der Waals surface area contributed by atoms with E-state index >= 15 is 0 Å². The third-order valence-electron chi connectivity index (χ3n) is 7.76. The molecule has 12 heteroatoms. The SMILES string of the molecule is COCCC1(C(=O)NCc2ccc3c(c2)CCCO3)CNC(=O)CCCNCCCNC(=O)COc2ccc(cc2)C1.O=CO. The Morgan fingerprint density at radius 3 is 2.56 bits per heavy atom. The van der Waals surface area contributed by atoms with Crippen LogP contribution in [0.15, 0.2) is 42.5 Å². The van der Waals surface area contributed by atoms with Crippen LogP contribution in [0.5, 0.6) is 11.5 Å². The molecule has 246 valence electrons. The normalized spacial score (nSPS) is 19.6. The molecule has 5 rings (SSSR count). The van der Waals surface area contributed by atoms with Gasteiger partial charge in [0, 0.05) is 39.8 Å². The molecule has 0 spiro atoms. The lowest BCUT2D eigenvalue weighted by Gasteiger charge is -2.33. The van der Waals surface area contributed by atoms with E-state index in [1.165, 1.54) is 0 Å². The van der Waals surface area contributed by atoms with E-state index in [1.807, 2.05) is 24.3 Å². The Kier molecular flexibility index (Phi) is 15.1. The standard InChI is InChI=1S/C32H44N4O6.CH2O2/c1-40-18-13-32(31(39)35-21-25-9-12-28-26(19-25)5-3-17-41-28)20-24-7-10-27(11-8-24)42-22-30(38)34-16-4-15-33-14-2-6-29(37)36-23-32;2-1-3/h7-12,19,33H,2-6,13-18,20-23H2,1H3,(H,34,38)(H,35,39)(H,36,37);1H,(H,2,3). The van der Waals surface area contributed by atoms with Crippen molar-refractivity contribution >= 4 is 24.2 Å². The smallest absolute Gasteiger partial charge is 0.290 e. The number of benzene rings is 2. The number of hydrogen-bond donors (Lipinski definition) is 5. The molecule has 0 saturated heterocycles. The van der Waals surface area contributed by atoms with Crippen molar-refractivity contribution in [3.05, 3.63) is 59.2 Å². The summed E-state index contributed by atoms with van der Waals surface area (Å²) in [4.78, 5) is 47.3. The zero-order chi connectivity index (χ0) is 32.3. The molecule has 3 aliphatic rings. The van der Waals surface area contributed by atoms with Crippen molar-refractivity contribution in [2.24, 2.45) is 5.41 Å². The number of amides is 3. The van der Waals surface area contributed by atoms with Crippen molar-refractivity contribution in [1.29, 1.82) is 0 Å². The van der Waals surface area contributed by atoms with Gasteiger partial charge in [-0.05, 0) is 86.5 Å². The van der Waals surface area contributed by atoms with E-state index in [1.54, 1.807) is 19.2 Å². The van der Waals surface area contributed by atoms with Crippen molar-refractivity contribution in [2.45, 2.75) is 51.5 Å². The summed E-state index contributed by atoms with van der Waals surface area (Å²) in [7, 11) is 1.61. The summed E-state index contributed by atoms with van der Waals surface area (Å²) in [6.07, 6.45) is 4.57. The Balaban J connectivity index is 0.00000177. The van der Waals surface area contributed by atoms with Gasteiger partial charge in [-0.2, -0.15) is 0 Å². The molecular weight excluding hydrogens is 580 g/mol. The number of fused-ring (bicyclic) bond motifs is 18. The molecule has 3 amide bonds. The zero-order valence-electron chi connectivity index (χ0n) is 26.0. The predicted octanol–water partition coefficient (Wildman–Crippen LogP) is 1.98. The lowest BCUT2D eigenvalue weighted by atomic mass is 9.77. The third kappa shape index (κ3) is 12.0. The minimum Gasteiger partial charge on any atom is -0.493 e. The van der Waals surface area contributed by atoms with Crippen LogP contribution in [-0.4, -0.2) is 82.4 Å². The second-order valence-corrected chi connectivity index (χ2v) is 11.1. The molecule has 2 aromatic rings. The summed E-state index contributed by atoms with van der Waals surface area (Å²) in [5, 5.41) is 19.2. The van der Waals surface area contributed by atoms with E-state index in [9.17, 15) is 14.4 Å². The second kappa shape index (κ2) is 19.3. The van der Waals surface area contributed by atoms with Crippen molar-refractivity contribution in [3.63, 3.8) is 0 Å². The summed E-state index contributed by atoms with van der Waals surface area (Å²) in [6, 6.07) is 13.5. The van der Waals surface area contributed by atoms with E-state index < -0.39 is 5.41 Å². The highest BCUT2D eigenvalue weighted by molar-refractivity contribution is 5.84. The lowest BCUT2D eigenvalue weighted by Crippen LogP contribution is -2.50. The number of carbonyl (C=O) groups is 4. The number of carboxylic acid groups (broad SMARTS) is 1. The third-order valence-corrected chi connectivity index (χ3v) is 7.76. The van der Waals surface area contributed by atoms with Crippen molar-refractivity contribution in [3.8, 4) is 11.5 Å². The van der Waals surface area contributed by atoms with Gasteiger partial charge >= 0.3 is 0 Å². The van der Waals surface area contributed by atoms with Crippen molar-refractivity contribution < 1.29 is 38.5 Å². The Morgan fingerprint density at radius 1 is 1.00 bits per heavy atom. The van der Waals surface area contributed by atoms with Crippen LogP contribution in [0.1, 0.15) is 48.8 Å². The van der Waals surface area contributed by atoms with E-state index in [4.69, 9.17) is 24.1 Å². The number of nitrogens with one attached hydrogen (secondary N) is 4. The molecule has 0 fully saturated rings. The average Bonchev–Trinajstić information content (AvgIpc) is 3.05. The minimum absolute atomic E-state index is 0.0617. The fourth-order valence-electron chi connectivity index (χ4n) is 5.29. The van der Waals surface area contributed by atoms with Crippen LogP contribution in [0.4, 0.5) is 0 Å². The molecule has 12 nitrogen and oxygen atoms in total. The van der Waals surface area contributed by atoms with Gasteiger partial charge in [0.15, 0.2) is 6.61 Å². The van der Waals surface area contributed by atoms with E-state index in [0.29, 0.717) is 57.7 Å². The molecule has 5 N–H and O–H groups in total. The summed E-state index contributed by atoms with van der Waals surface area (Å²) in [6.45, 7) is 3.32. The van der Waals surface area contributed by atoms with Crippen molar-refractivity contribution in [1.82, 2.24) is 21.3 Å². The number of aryl methyl sites for hydroxylation is 1.